The number of hydrogen-bond donors (Lipinski definition) is 0. The van der Waals surface area contributed by atoms with E-state index in [1.807, 2.05) is 6.92 Å². The van der Waals surface area contributed by atoms with Crippen molar-refractivity contribution in [2.75, 3.05) is 7.05 Å². The topological polar surface area (TPSA) is 99.1 Å². The number of hydrogen-bond acceptors (Lipinski definition) is 5. The van der Waals surface area contributed by atoms with E-state index in [0.29, 0.717) is 23.8 Å². The number of carbonyl (C=O) groups excluding carboxylic acids is 1. The van der Waals surface area contributed by atoms with Crippen LogP contribution >= 0.6 is 11.6 Å². The molecule has 0 fully saturated rings. The van der Waals surface area contributed by atoms with Gasteiger partial charge in [-0.1, -0.05) is 18.5 Å². The SMILES string of the molecule is CCn1ncc(Cl)c1CN(C)C(=O)C(C)Cn1nc([N+](=O)[O-])cc1C. The van der Waals surface area contributed by atoms with Crippen LogP contribution < -0.4 is 0 Å². The molecule has 0 aliphatic carbocycles. The zero-order chi connectivity index (χ0) is 18.7. The van der Waals surface area contributed by atoms with Gasteiger partial charge in [-0.25, -0.2) is 0 Å². The third-order valence-electron chi connectivity index (χ3n) is 3.98. The molecule has 0 aliphatic rings. The van der Waals surface area contributed by atoms with Gasteiger partial charge < -0.3 is 15.0 Å². The summed E-state index contributed by atoms with van der Waals surface area (Å²) in [6, 6.07) is 1.39. The van der Waals surface area contributed by atoms with Crippen molar-refractivity contribution in [3.63, 3.8) is 0 Å². The summed E-state index contributed by atoms with van der Waals surface area (Å²) in [5.74, 6) is -0.707. The van der Waals surface area contributed by atoms with Crippen molar-refractivity contribution in [3.05, 3.63) is 38.8 Å². The monoisotopic (exact) mass is 368 g/mol. The van der Waals surface area contributed by atoms with Gasteiger partial charge >= 0.3 is 5.82 Å². The first-order valence-corrected chi connectivity index (χ1v) is 8.26. The van der Waals surface area contributed by atoms with E-state index in [-0.39, 0.29) is 24.2 Å². The molecule has 25 heavy (non-hydrogen) atoms. The zero-order valence-electron chi connectivity index (χ0n) is 14.6. The van der Waals surface area contributed by atoms with Crippen LogP contribution in [0.4, 0.5) is 5.82 Å². The smallest absolute Gasteiger partial charge is 0.358 e. The summed E-state index contributed by atoms with van der Waals surface area (Å²) in [7, 11) is 1.69. The Kier molecular flexibility index (Phi) is 5.78. The highest BCUT2D eigenvalue weighted by Crippen LogP contribution is 2.19. The number of halogens is 1. The van der Waals surface area contributed by atoms with Crippen molar-refractivity contribution >= 4 is 23.3 Å². The van der Waals surface area contributed by atoms with E-state index in [2.05, 4.69) is 10.2 Å². The summed E-state index contributed by atoms with van der Waals surface area (Å²) in [6.07, 6.45) is 1.56. The lowest BCUT2D eigenvalue weighted by Crippen LogP contribution is -2.34. The van der Waals surface area contributed by atoms with Crippen molar-refractivity contribution in [2.24, 2.45) is 5.92 Å². The van der Waals surface area contributed by atoms with Crippen LogP contribution in [0.2, 0.25) is 5.02 Å². The Labute approximate surface area is 150 Å². The van der Waals surface area contributed by atoms with Crippen molar-refractivity contribution in [1.82, 2.24) is 24.5 Å². The molecule has 1 unspecified atom stereocenters. The Bertz CT molecular complexity index is 784. The summed E-state index contributed by atoms with van der Waals surface area (Å²) >= 11 is 6.14. The van der Waals surface area contributed by atoms with Gasteiger partial charge in [-0.2, -0.15) is 9.78 Å². The number of carbonyl (C=O) groups is 1. The average Bonchev–Trinajstić information content (AvgIpc) is 3.10. The van der Waals surface area contributed by atoms with Crippen LogP contribution in [-0.4, -0.2) is 42.3 Å². The van der Waals surface area contributed by atoms with E-state index in [9.17, 15) is 14.9 Å². The van der Waals surface area contributed by atoms with Gasteiger partial charge in [0.15, 0.2) is 0 Å². The maximum Gasteiger partial charge on any atom is 0.390 e. The third-order valence-corrected chi connectivity index (χ3v) is 4.30. The molecule has 0 N–H and O–H groups in total. The molecular formula is C15H21ClN6O3. The van der Waals surface area contributed by atoms with Crippen molar-refractivity contribution in [2.45, 2.75) is 40.4 Å². The zero-order valence-corrected chi connectivity index (χ0v) is 15.4. The maximum absolute atomic E-state index is 12.6. The van der Waals surface area contributed by atoms with Gasteiger partial charge in [0.2, 0.25) is 5.91 Å². The van der Waals surface area contributed by atoms with Crippen molar-refractivity contribution in [1.29, 1.82) is 0 Å². The Hall–Kier alpha value is -2.42. The normalized spacial score (nSPS) is 12.2. The van der Waals surface area contributed by atoms with E-state index in [1.165, 1.54) is 10.7 Å². The van der Waals surface area contributed by atoms with Gasteiger partial charge in [-0.15, -0.1) is 0 Å². The summed E-state index contributed by atoms with van der Waals surface area (Å²) in [5.41, 5.74) is 1.42. The van der Waals surface area contributed by atoms with Gasteiger partial charge in [0, 0.05) is 13.6 Å². The van der Waals surface area contributed by atoms with E-state index in [4.69, 9.17) is 11.6 Å². The molecular weight excluding hydrogens is 348 g/mol. The Morgan fingerprint density at radius 3 is 2.72 bits per heavy atom. The molecule has 1 atom stereocenters. The highest BCUT2D eigenvalue weighted by molar-refractivity contribution is 6.31. The predicted molar refractivity (Wildman–Crippen MR) is 92.2 cm³/mol. The van der Waals surface area contributed by atoms with E-state index >= 15 is 0 Å². The van der Waals surface area contributed by atoms with Crippen LogP contribution in [0.5, 0.6) is 0 Å². The minimum atomic E-state index is -0.546. The summed E-state index contributed by atoms with van der Waals surface area (Å²) in [4.78, 5) is 24.4. The molecule has 10 heteroatoms. The molecule has 9 nitrogen and oxygen atoms in total. The molecule has 0 aliphatic heterocycles. The molecule has 136 valence electrons. The fourth-order valence-electron chi connectivity index (χ4n) is 2.60. The lowest BCUT2D eigenvalue weighted by Gasteiger charge is -2.21. The number of nitrogens with zero attached hydrogens (tertiary/aromatic N) is 6. The molecule has 0 bridgehead atoms. The first-order valence-electron chi connectivity index (χ1n) is 7.88. The Morgan fingerprint density at radius 2 is 2.16 bits per heavy atom. The molecule has 2 aromatic rings. The maximum atomic E-state index is 12.6. The number of rotatable bonds is 7. The largest absolute Gasteiger partial charge is 0.390 e. The second-order valence-electron chi connectivity index (χ2n) is 5.93. The fourth-order valence-corrected chi connectivity index (χ4v) is 2.80. The van der Waals surface area contributed by atoms with Crippen LogP contribution in [-0.2, 0) is 24.4 Å². The highest BCUT2D eigenvalue weighted by Gasteiger charge is 2.24. The summed E-state index contributed by atoms with van der Waals surface area (Å²) < 4.78 is 3.23. The van der Waals surface area contributed by atoms with Gasteiger partial charge in [-0.05, 0) is 18.8 Å². The molecule has 0 saturated heterocycles. The molecule has 1 amide bonds. The van der Waals surface area contributed by atoms with Crippen LogP contribution in [0.3, 0.4) is 0 Å². The Balaban J connectivity index is 2.06. The highest BCUT2D eigenvalue weighted by atomic mass is 35.5. The van der Waals surface area contributed by atoms with Crippen molar-refractivity contribution in [3.8, 4) is 0 Å². The fraction of sp³-hybridized carbons (Fsp3) is 0.533. The molecule has 0 radical (unpaired) electrons. The average molecular weight is 369 g/mol. The first-order chi connectivity index (χ1) is 11.7. The summed E-state index contributed by atoms with van der Waals surface area (Å²) in [6.45, 7) is 6.71. The molecule has 2 heterocycles. The van der Waals surface area contributed by atoms with Gasteiger partial charge in [-0.3, -0.25) is 9.48 Å². The van der Waals surface area contributed by atoms with Crippen LogP contribution in [0.1, 0.15) is 25.2 Å². The van der Waals surface area contributed by atoms with Gasteiger partial charge in [0.25, 0.3) is 0 Å². The van der Waals surface area contributed by atoms with E-state index < -0.39 is 4.92 Å². The van der Waals surface area contributed by atoms with Crippen LogP contribution in [0.25, 0.3) is 0 Å². The molecule has 2 aromatic heterocycles. The van der Waals surface area contributed by atoms with Crippen LogP contribution in [0, 0.1) is 23.0 Å². The number of aryl methyl sites for hydroxylation is 2. The number of nitro groups is 1. The second-order valence-corrected chi connectivity index (χ2v) is 6.34. The lowest BCUT2D eigenvalue weighted by molar-refractivity contribution is -0.389. The van der Waals surface area contributed by atoms with Crippen LogP contribution in [0.15, 0.2) is 12.3 Å². The van der Waals surface area contributed by atoms with Gasteiger partial charge in [0.05, 0.1) is 52.8 Å². The Morgan fingerprint density at radius 1 is 1.48 bits per heavy atom. The minimum Gasteiger partial charge on any atom is -0.358 e. The number of aromatic nitrogens is 4. The number of amides is 1. The lowest BCUT2D eigenvalue weighted by atomic mass is 10.1. The molecule has 0 spiro atoms. The van der Waals surface area contributed by atoms with Crippen molar-refractivity contribution < 1.29 is 9.72 Å². The standard InChI is InChI=1S/C15H21ClN6O3/c1-5-20-13(12(16)7-17-20)9-19(4)15(23)10(2)8-21-11(3)6-14(18-21)22(24)25/h6-7,10H,5,8-9H2,1-4H3. The predicted octanol–water partition coefficient (Wildman–Crippen LogP) is 2.26. The minimum absolute atomic E-state index is 0.0996. The van der Waals surface area contributed by atoms with Gasteiger partial charge in [0.1, 0.15) is 0 Å². The molecule has 2 rings (SSSR count). The van der Waals surface area contributed by atoms with E-state index in [0.717, 1.165) is 5.69 Å². The molecule has 0 aromatic carbocycles. The second kappa shape index (κ2) is 7.64. The summed E-state index contributed by atoms with van der Waals surface area (Å²) in [5, 5.41) is 19.4. The quantitative estimate of drug-likeness (QED) is 0.551. The van der Waals surface area contributed by atoms with E-state index in [1.54, 1.807) is 36.7 Å². The first kappa shape index (κ1) is 18.9. The third kappa shape index (κ3) is 4.16. The molecule has 0 saturated carbocycles.